The maximum absolute atomic E-state index is 6.34. The fourth-order valence-electron chi connectivity index (χ4n) is 3.86. The average Bonchev–Trinajstić information content (AvgIpc) is 2.70. The molecule has 2 N–H and O–H groups in total. The first kappa shape index (κ1) is 13.4. The van der Waals surface area contributed by atoms with Crippen molar-refractivity contribution in [2.45, 2.75) is 71.4 Å². The second-order valence-electron chi connectivity index (χ2n) is 7.03. The molecule has 0 amide bonds. The van der Waals surface area contributed by atoms with Gasteiger partial charge in [-0.25, -0.2) is 0 Å². The number of nitrogens with two attached hydrogens (primary N) is 1. The third-order valence-corrected chi connectivity index (χ3v) is 5.01. The van der Waals surface area contributed by atoms with Crippen molar-refractivity contribution in [2.24, 2.45) is 17.1 Å². The van der Waals surface area contributed by atoms with Crippen molar-refractivity contribution in [3.8, 4) is 0 Å². The first-order chi connectivity index (χ1) is 8.02. The lowest BCUT2D eigenvalue weighted by atomic mass is 9.70. The minimum atomic E-state index is 0.445. The van der Waals surface area contributed by atoms with Crippen LogP contribution in [0, 0.1) is 11.3 Å². The second kappa shape index (κ2) is 5.27. The van der Waals surface area contributed by atoms with Gasteiger partial charge in [0.25, 0.3) is 0 Å². The Morgan fingerprint density at radius 1 is 1.29 bits per heavy atom. The molecule has 2 fully saturated rings. The molecule has 1 saturated carbocycles. The van der Waals surface area contributed by atoms with Gasteiger partial charge in [-0.15, -0.1) is 0 Å². The quantitative estimate of drug-likeness (QED) is 0.819. The number of hydrogen-bond donors (Lipinski definition) is 1. The van der Waals surface area contributed by atoms with Crippen molar-refractivity contribution in [3.63, 3.8) is 0 Å². The summed E-state index contributed by atoms with van der Waals surface area (Å²) < 4.78 is 0. The van der Waals surface area contributed by atoms with E-state index in [1.165, 1.54) is 51.6 Å². The average molecular weight is 238 g/mol. The van der Waals surface area contributed by atoms with Crippen LogP contribution in [0.1, 0.15) is 59.3 Å². The topological polar surface area (TPSA) is 29.3 Å². The molecular weight excluding hydrogens is 208 g/mol. The fourth-order valence-corrected chi connectivity index (χ4v) is 3.86. The Kier molecular flexibility index (Phi) is 4.14. The summed E-state index contributed by atoms with van der Waals surface area (Å²) in [7, 11) is 0. The Hall–Kier alpha value is -0.0800. The maximum Gasteiger partial charge on any atom is 0.00932 e. The molecule has 1 saturated heterocycles. The lowest BCUT2D eigenvalue weighted by Gasteiger charge is -2.41. The smallest absolute Gasteiger partial charge is 0.00932 e. The van der Waals surface area contributed by atoms with E-state index in [2.05, 4.69) is 25.7 Å². The Labute approximate surface area is 107 Å². The van der Waals surface area contributed by atoms with Crippen molar-refractivity contribution in [2.75, 3.05) is 13.1 Å². The molecule has 17 heavy (non-hydrogen) atoms. The largest absolute Gasteiger partial charge is 0.327 e. The first-order valence-electron chi connectivity index (χ1n) is 7.51. The van der Waals surface area contributed by atoms with Crippen LogP contribution in [0.25, 0.3) is 0 Å². The van der Waals surface area contributed by atoms with Crippen molar-refractivity contribution >= 4 is 0 Å². The van der Waals surface area contributed by atoms with Crippen LogP contribution < -0.4 is 5.73 Å². The zero-order valence-electron chi connectivity index (χ0n) is 11.9. The summed E-state index contributed by atoms with van der Waals surface area (Å²) in [6, 6.07) is 1.29. The summed E-state index contributed by atoms with van der Waals surface area (Å²) in [6.07, 6.45) is 7.96. The van der Waals surface area contributed by atoms with Crippen molar-refractivity contribution in [1.29, 1.82) is 0 Å². The van der Waals surface area contributed by atoms with Crippen LogP contribution in [0.3, 0.4) is 0 Å². The van der Waals surface area contributed by atoms with Gasteiger partial charge in [0.2, 0.25) is 0 Å². The molecular formula is C15H30N2. The highest BCUT2D eigenvalue weighted by molar-refractivity contribution is 4.90. The van der Waals surface area contributed by atoms with Crippen molar-refractivity contribution < 1.29 is 0 Å². The van der Waals surface area contributed by atoms with Gasteiger partial charge >= 0.3 is 0 Å². The molecule has 0 radical (unpaired) electrons. The molecule has 1 aliphatic carbocycles. The van der Waals surface area contributed by atoms with E-state index in [0.29, 0.717) is 11.5 Å². The van der Waals surface area contributed by atoms with E-state index < -0.39 is 0 Å². The zero-order valence-corrected chi connectivity index (χ0v) is 11.9. The van der Waals surface area contributed by atoms with Gasteiger partial charge in [0.05, 0.1) is 0 Å². The summed E-state index contributed by atoms with van der Waals surface area (Å²) in [4.78, 5) is 2.71. The lowest BCUT2D eigenvalue weighted by molar-refractivity contribution is 0.108. The molecule has 0 aromatic heterocycles. The molecule has 1 heterocycles. The van der Waals surface area contributed by atoms with Crippen molar-refractivity contribution in [3.05, 3.63) is 0 Å². The monoisotopic (exact) mass is 238 g/mol. The highest BCUT2D eigenvalue weighted by Crippen LogP contribution is 2.39. The van der Waals surface area contributed by atoms with Crippen LogP contribution >= 0.6 is 0 Å². The van der Waals surface area contributed by atoms with Gasteiger partial charge in [0.15, 0.2) is 0 Å². The van der Waals surface area contributed by atoms with Gasteiger partial charge in [0, 0.05) is 18.6 Å². The highest BCUT2D eigenvalue weighted by atomic mass is 15.2. The van der Waals surface area contributed by atoms with Gasteiger partial charge in [-0.1, -0.05) is 20.8 Å². The number of nitrogens with zero attached hydrogens (tertiary/aromatic N) is 1. The second-order valence-corrected chi connectivity index (χ2v) is 7.03. The van der Waals surface area contributed by atoms with Crippen LogP contribution in [0.2, 0.25) is 0 Å². The van der Waals surface area contributed by atoms with E-state index >= 15 is 0 Å². The minimum Gasteiger partial charge on any atom is -0.327 e. The molecule has 1 aliphatic heterocycles. The van der Waals surface area contributed by atoms with Crippen LogP contribution in [-0.2, 0) is 0 Å². The predicted octanol–water partition coefficient (Wildman–Crippen LogP) is 3.01. The van der Waals surface area contributed by atoms with Gasteiger partial charge < -0.3 is 10.6 Å². The third-order valence-electron chi connectivity index (χ3n) is 5.01. The zero-order chi connectivity index (χ0) is 12.5. The summed E-state index contributed by atoms with van der Waals surface area (Å²) in [5.41, 5.74) is 6.85. The van der Waals surface area contributed by atoms with E-state index in [0.717, 1.165) is 12.0 Å². The molecule has 100 valence electrons. The Bertz CT molecular complexity index is 249. The Morgan fingerprint density at radius 2 is 2.06 bits per heavy atom. The number of likely N-dealkylation sites (tertiary alicyclic amines) is 1. The van der Waals surface area contributed by atoms with E-state index in [9.17, 15) is 0 Å². The predicted molar refractivity (Wildman–Crippen MR) is 74.0 cm³/mol. The van der Waals surface area contributed by atoms with E-state index in [1.807, 2.05) is 0 Å². The number of hydrogen-bond acceptors (Lipinski definition) is 2. The molecule has 0 aromatic rings. The molecule has 2 aliphatic rings. The summed E-state index contributed by atoms with van der Waals surface area (Å²) in [6.45, 7) is 9.71. The fraction of sp³-hybridized carbons (Fsp3) is 1.00. The molecule has 0 spiro atoms. The molecule has 0 bridgehead atoms. The molecule has 0 aromatic carbocycles. The van der Waals surface area contributed by atoms with E-state index in [1.54, 1.807) is 0 Å². The Morgan fingerprint density at radius 3 is 2.76 bits per heavy atom. The van der Waals surface area contributed by atoms with Crippen LogP contribution in [0.15, 0.2) is 0 Å². The Balaban J connectivity index is 1.92. The van der Waals surface area contributed by atoms with Gasteiger partial charge in [-0.05, 0) is 56.4 Å². The van der Waals surface area contributed by atoms with Crippen molar-refractivity contribution in [1.82, 2.24) is 4.90 Å². The normalized spacial score (nSPS) is 38.5. The summed E-state index contributed by atoms with van der Waals surface area (Å²) in [5.74, 6) is 0.728. The maximum atomic E-state index is 6.34. The van der Waals surface area contributed by atoms with Gasteiger partial charge in [-0.3, -0.25) is 0 Å². The van der Waals surface area contributed by atoms with E-state index in [-0.39, 0.29) is 0 Å². The SMILES string of the molecule is CCC1CCCN1CC1CC(C)(C)CCC1N. The molecule has 2 rings (SSSR count). The highest BCUT2D eigenvalue weighted by Gasteiger charge is 2.35. The molecule has 3 unspecified atom stereocenters. The number of rotatable bonds is 3. The van der Waals surface area contributed by atoms with Crippen LogP contribution in [0.4, 0.5) is 0 Å². The summed E-state index contributed by atoms with van der Waals surface area (Å²) in [5, 5.41) is 0. The molecule has 2 nitrogen and oxygen atoms in total. The first-order valence-corrected chi connectivity index (χ1v) is 7.51. The van der Waals surface area contributed by atoms with Crippen LogP contribution in [0.5, 0.6) is 0 Å². The minimum absolute atomic E-state index is 0.445. The van der Waals surface area contributed by atoms with E-state index in [4.69, 9.17) is 5.73 Å². The van der Waals surface area contributed by atoms with Gasteiger partial charge in [-0.2, -0.15) is 0 Å². The van der Waals surface area contributed by atoms with Gasteiger partial charge in [0.1, 0.15) is 0 Å². The van der Waals surface area contributed by atoms with Crippen LogP contribution in [-0.4, -0.2) is 30.1 Å². The lowest BCUT2D eigenvalue weighted by Crippen LogP contribution is -2.46. The standard InChI is InChI=1S/C15H30N2/c1-4-13-6-5-9-17(13)11-12-10-15(2,3)8-7-14(12)16/h12-14H,4-11,16H2,1-3H3. The molecule has 2 heteroatoms. The third kappa shape index (κ3) is 3.23. The summed E-state index contributed by atoms with van der Waals surface area (Å²) >= 11 is 0. The molecule has 3 atom stereocenters.